The molecule has 0 atom stereocenters. The SMILES string of the molecule is COc1cccc(OC)c1OCc1cc(CN)co1. The van der Waals surface area contributed by atoms with Crippen molar-refractivity contribution in [3.05, 3.63) is 41.9 Å². The molecule has 5 heteroatoms. The van der Waals surface area contributed by atoms with E-state index in [0.29, 0.717) is 29.6 Å². The second kappa shape index (κ2) is 6.15. The van der Waals surface area contributed by atoms with E-state index in [4.69, 9.17) is 24.4 Å². The molecule has 0 amide bonds. The third-order valence-electron chi connectivity index (χ3n) is 2.69. The number of rotatable bonds is 6. The second-order valence-electron chi connectivity index (χ2n) is 3.91. The summed E-state index contributed by atoms with van der Waals surface area (Å²) in [6, 6.07) is 7.32. The molecule has 1 heterocycles. The summed E-state index contributed by atoms with van der Waals surface area (Å²) >= 11 is 0. The summed E-state index contributed by atoms with van der Waals surface area (Å²) < 4.78 is 21.5. The minimum atomic E-state index is 0.288. The molecule has 102 valence electrons. The molecule has 2 N–H and O–H groups in total. The lowest BCUT2D eigenvalue weighted by Crippen LogP contribution is -1.99. The summed E-state index contributed by atoms with van der Waals surface area (Å²) in [4.78, 5) is 0. The average molecular weight is 263 g/mol. The van der Waals surface area contributed by atoms with Crippen LogP contribution in [-0.2, 0) is 13.2 Å². The smallest absolute Gasteiger partial charge is 0.203 e. The van der Waals surface area contributed by atoms with E-state index in [1.807, 2.05) is 24.3 Å². The maximum absolute atomic E-state index is 5.71. The highest BCUT2D eigenvalue weighted by Gasteiger charge is 2.12. The van der Waals surface area contributed by atoms with Gasteiger partial charge in [0.15, 0.2) is 11.5 Å². The van der Waals surface area contributed by atoms with Gasteiger partial charge in [0.05, 0.1) is 20.5 Å². The van der Waals surface area contributed by atoms with Crippen molar-refractivity contribution in [3.63, 3.8) is 0 Å². The van der Waals surface area contributed by atoms with Gasteiger partial charge < -0.3 is 24.4 Å². The predicted octanol–water partition coefficient (Wildman–Crippen LogP) is 2.33. The standard InChI is InChI=1S/C14H17NO4/c1-16-12-4-3-5-13(17-2)14(12)19-9-11-6-10(7-15)8-18-11/h3-6,8H,7,9,15H2,1-2H3. The molecule has 19 heavy (non-hydrogen) atoms. The van der Waals surface area contributed by atoms with Crippen LogP contribution in [0.2, 0.25) is 0 Å². The minimum Gasteiger partial charge on any atom is -0.493 e. The molecule has 0 saturated carbocycles. The molecule has 2 aromatic rings. The molecule has 0 bridgehead atoms. The number of ether oxygens (including phenoxy) is 3. The van der Waals surface area contributed by atoms with Gasteiger partial charge in [0.25, 0.3) is 0 Å². The van der Waals surface area contributed by atoms with Gasteiger partial charge in [0, 0.05) is 12.1 Å². The average Bonchev–Trinajstić information content (AvgIpc) is 2.92. The number of hydrogen-bond acceptors (Lipinski definition) is 5. The molecule has 0 aliphatic carbocycles. The molecule has 2 rings (SSSR count). The van der Waals surface area contributed by atoms with Crippen LogP contribution in [0.4, 0.5) is 0 Å². The Bertz CT molecular complexity index is 514. The molecule has 1 aromatic heterocycles. The van der Waals surface area contributed by atoms with Crippen LogP contribution in [0.1, 0.15) is 11.3 Å². The first-order valence-corrected chi connectivity index (χ1v) is 5.88. The van der Waals surface area contributed by atoms with Gasteiger partial charge in [0.2, 0.25) is 5.75 Å². The quantitative estimate of drug-likeness (QED) is 0.866. The molecule has 0 radical (unpaired) electrons. The normalized spacial score (nSPS) is 10.3. The van der Waals surface area contributed by atoms with Crippen molar-refractivity contribution in [2.24, 2.45) is 5.73 Å². The highest BCUT2D eigenvalue weighted by atomic mass is 16.5. The summed E-state index contributed by atoms with van der Waals surface area (Å²) in [5.41, 5.74) is 6.46. The van der Waals surface area contributed by atoms with Gasteiger partial charge >= 0.3 is 0 Å². The number of nitrogens with two attached hydrogens (primary N) is 1. The van der Waals surface area contributed by atoms with Crippen molar-refractivity contribution in [1.29, 1.82) is 0 Å². The molecule has 5 nitrogen and oxygen atoms in total. The van der Waals surface area contributed by atoms with E-state index < -0.39 is 0 Å². The zero-order valence-electron chi connectivity index (χ0n) is 11.0. The third-order valence-corrected chi connectivity index (χ3v) is 2.69. The molecule has 1 aromatic carbocycles. The van der Waals surface area contributed by atoms with E-state index in [9.17, 15) is 0 Å². The van der Waals surface area contributed by atoms with E-state index in [1.165, 1.54) is 0 Å². The van der Waals surface area contributed by atoms with E-state index in [2.05, 4.69) is 0 Å². The Hall–Kier alpha value is -2.14. The fourth-order valence-corrected chi connectivity index (χ4v) is 1.71. The summed E-state index contributed by atoms with van der Waals surface area (Å²) in [6.45, 7) is 0.734. The Kier molecular flexibility index (Phi) is 4.30. The van der Waals surface area contributed by atoms with E-state index in [0.717, 1.165) is 5.56 Å². The van der Waals surface area contributed by atoms with Crippen molar-refractivity contribution in [2.75, 3.05) is 14.2 Å². The fraction of sp³-hybridized carbons (Fsp3) is 0.286. The number of benzene rings is 1. The number of furan rings is 1. The van der Waals surface area contributed by atoms with Crippen molar-refractivity contribution < 1.29 is 18.6 Å². The summed E-state index contributed by atoms with van der Waals surface area (Å²) in [5.74, 6) is 2.49. The molecule has 0 aliphatic rings. The van der Waals surface area contributed by atoms with Gasteiger partial charge in [-0.15, -0.1) is 0 Å². The lowest BCUT2D eigenvalue weighted by Gasteiger charge is -2.13. The van der Waals surface area contributed by atoms with Crippen LogP contribution >= 0.6 is 0 Å². The monoisotopic (exact) mass is 263 g/mol. The fourth-order valence-electron chi connectivity index (χ4n) is 1.71. The summed E-state index contributed by atoms with van der Waals surface area (Å²) in [5, 5.41) is 0. The lowest BCUT2D eigenvalue weighted by molar-refractivity contribution is 0.242. The first-order valence-electron chi connectivity index (χ1n) is 5.88. The molecule has 0 spiro atoms. The number of hydrogen-bond donors (Lipinski definition) is 1. The van der Waals surface area contributed by atoms with Gasteiger partial charge in [-0.1, -0.05) is 6.07 Å². The molecular weight excluding hydrogens is 246 g/mol. The maximum atomic E-state index is 5.71. The van der Waals surface area contributed by atoms with Crippen molar-refractivity contribution >= 4 is 0 Å². The Balaban J connectivity index is 2.13. The van der Waals surface area contributed by atoms with Gasteiger partial charge in [0.1, 0.15) is 12.4 Å². The van der Waals surface area contributed by atoms with Crippen LogP contribution in [0.25, 0.3) is 0 Å². The van der Waals surface area contributed by atoms with Gasteiger partial charge in [-0.25, -0.2) is 0 Å². The topological polar surface area (TPSA) is 66.8 Å². The van der Waals surface area contributed by atoms with Crippen molar-refractivity contribution in [1.82, 2.24) is 0 Å². The van der Waals surface area contributed by atoms with Crippen molar-refractivity contribution in [2.45, 2.75) is 13.2 Å². The molecule has 0 fully saturated rings. The van der Waals surface area contributed by atoms with E-state index in [1.54, 1.807) is 20.5 Å². The van der Waals surface area contributed by atoms with Crippen molar-refractivity contribution in [3.8, 4) is 17.2 Å². The maximum Gasteiger partial charge on any atom is 0.203 e. The van der Waals surface area contributed by atoms with Gasteiger partial charge in [-0.3, -0.25) is 0 Å². The molecule has 0 aliphatic heterocycles. The Morgan fingerprint density at radius 2 is 1.84 bits per heavy atom. The molecule has 0 saturated heterocycles. The zero-order valence-corrected chi connectivity index (χ0v) is 11.0. The van der Waals surface area contributed by atoms with Crippen LogP contribution in [0.5, 0.6) is 17.2 Å². The van der Waals surface area contributed by atoms with Crippen LogP contribution in [-0.4, -0.2) is 14.2 Å². The van der Waals surface area contributed by atoms with Crippen LogP contribution in [0.3, 0.4) is 0 Å². The molecular formula is C14H17NO4. The highest BCUT2D eigenvalue weighted by molar-refractivity contribution is 5.51. The van der Waals surface area contributed by atoms with Gasteiger partial charge in [-0.2, -0.15) is 0 Å². The third kappa shape index (κ3) is 3.00. The first kappa shape index (κ1) is 13.3. The number of methoxy groups -OCH3 is 2. The largest absolute Gasteiger partial charge is 0.493 e. The van der Waals surface area contributed by atoms with E-state index >= 15 is 0 Å². The summed E-state index contributed by atoms with van der Waals surface area (Å²) in [7, 11) is 3.17. The zero-order chi connectivity index (χ0) is 13.7. The van der Waals surface area contributed by atoms with E-state index in [-0.39, 0.29) is 6.61 Å². The van der Waals surface area contributed by atoms with Crippen LogP contribution < -0.4 is 19.9 Å². The van der Waals surface area contributed by atoms with Gasteiger partial charge in [-0.05, 0) is 18.2 Å². The van der Waals surface area contributed by atoms with Crippen LogP contribution in [0, 0.1) is 0 Å². The lowest BCUT2D eigenvalue weighted by atomic mass is 10.3. The molecule has 0 unspecified atom stereocenters. The second-order valence-corrected chi connectivity index (χ2v) is 3.91. The highest BCUT2D eigenvalue weighted by Crippen LogP contribution is 2.37. The Morgan fingerprint density at radius 1 is 1.16 bits per heavy atom. The first-order chi connectivity index (χ1) is 9.28. The Labute approximate surface area is 111 Å². The summed E-state index contributed by atoms with van der Waals surface area (Å²) in [6.07, 6.45) is 1.62. The Morgan fingerprint density at radius 3 is 2.37 bits per heavy atom. The minimum absolute atomic E-state index is 0.288. The predicted molar refractivity (Wildman–Crippen MR) is 70.5 cm³/mol. The van der Waals surface area contributed by atoms with Crippen LogP contribution in [0.15, 0.2) is 34.9 Å². The number of para-hydroxylation sites is 1.